The van der Waals surface area contributed by atoms with E-state index in [-0.39, 0.29) is 24.4 Å². The minimum atomic E-state index is -0.130. The SMILES string of the molecule is O=C1CCc2ccccc2N1CC(=O)N1CCNCC1c1ccccc1Cl. The van der Waals surface area contributed by atoms with E-state index in [1.54, 1.807) is 4.90 Å². The molecule has 0 radical (unpaired) electrons. The van der Waals surface area contributed by atoms with E-state index in [0.29, 0.717) is 24.5 Å². The normalized spacial score (nSPS) is 19.7. The molecule has 140 valence electrons. The van der Waals surface area contributed by atoms with Gasteiger partial charge in [-0.1, -0.05) is 48.0 Å². The first-order chi connectivity index (χ1) is 13.1. The Labute approximate surface area is 163 Å². The molecule has 2 heterocycles. The van der Waals surface area contributed by atoms with Gasteiger partial charge in [0.15, 0.2) is 0 Å². The van der Waals surface area contributed by atoms with Gasteiger partial charge in [0.25, 0.3) is 0 Å². The third-order valence-electron chi connectivity index (χ3n) is 5.31. The maximum Gasteiger partial charge on any atom is 0.243 e. The average molecular weight is 384 g/mol. The van der Waals surface area contributed by atoms with Crippen LogP contribution in [0.2, 0.25) is 5.02 Å². The highest BCUT2D eigenvalue weighted by Crippen LogP contribution is 2.30. The molecule has 1 fully saturated rings. The minimum Gasteiger partial charge on any atom is -0.331 e. The number of nitrogens with zero attached hydrogens (tertiary/aromatic N) is 2. The van der Waals surface area contributed by atoms with Crippen molar-refractivity contribution in [2.45, 2.75) is 18.9 Å². The van der Waals surface area contributed by atoms with Crippen LogP contribution in [0.5, 0.6) is 0 Å². The largest absolute Gasteiger partial charge is 0.331 e. The van der Waals surface area contributed by atoms with Gasteiger partial charge in [-0.3, -0.25) is 9.59 Å². The molecule has 2 aliphatic rings. The highest BCUT2D eigenvalue weighted by Gasteiger charge is 2.32. The fourth-order valence-electron chi connectivity index (χ4n) is 3.92. The quantitative estimate of drug-likeness (QED) is 0.886. The second-order valence-corrected chi connectivity index (χ2v) is 7.34. The number of anilines is 1. The van der Waals surface area contributed by atoms with Crippen LogP contribution in [-0.4, -0.2) is 42.9 Å². The Kier molecular flexibility index (Phi) is 5.14. The van der Waals surface area contributed by atoms with Gasteiger partial charge in [-0.15, -0.1) is 0 Å². The van der Waals surface area contributed by atoms with Crippen LogP contribution in [0.4, 0.5) is 5.69 Å². The number of piperazine rings is 1. The Hall–Kier alpha value is -2.37. The molecule has 4 rings (SSSR count). The summed E-state index contributed by atoms with van der Waals surface area (Å²) in [6.45, 7) is 2.05. The van der Waals surface area contributed by atoms with Crippen LogP contribution in [0.1, 0.15) is 23.6 Å². The number of nitrogens with one attached hydrogen (secondary N) is 1. The van der Waals surface area contributed by atoms with Crippen LogP contribution >= 0.6 is 11.6 Å². The summed E-state index contributed by atoms with van der Waals surface area (Å²) in [5.41, 5.74) is 2.91. The summed E-state index contributed by atoms with van der Waals surface area (Å²) in [6, 6.07) is 15.3. The van der Waals surface area contributed by atoms with Gasteiger partial charge in [-0.05, 0) is 29.7 Å². The smallest absolute Gasteiger partial charge is 0.243 e. The Morgan fingerprint density at radius 3 is 2.74 bits per heavy atom. The monoisotopic (exact) mass is 383 g/mol. The van der Waals surface area contributed by atoms with Gasteiger partial charge in [0.2, 0.25) is 11.8 Å². The molecular weight excluding hydrogens is 362 g/mol. The number of carbonyl (C=O) groups is 2. The number of carbonyl (C=O) groups excluding carboxylic acids is 2. The summed E-state index contributed by atoms with van der Waals surface area (Å²) < 4.78 is 0. The first kappa shape index (κ1) is 18.0. The Balaban J connectivity index is 1.58. The van der Waals surface area contributed by atoms with Crippen molar-refractivity contribution >= 4 is 29.1 Å². The fourth-order valence-corrected chi connectivity index (χ4v) is 4.18. The number of aryl methyl sites for hydroxylation is 1. The molecule has 5 nitrogen and oxygen atoms in total. The van der Waals surface area contributed by atoms with Crippen LogP contribution < -0.4 is 10.2 Å². The molecule has 6 heteroatoms. The number of benzene rings is 2. The zero-order chi connectivity index (χ0) is 18.8. The van der Waals surface area contributed by atoms with Gasteiger partial charge in [-0.25, -0.2) is 0 Å². The summed E-state index contributed by atoms with van der Waals surface area (Å²) in [6.07, 6.45) is 1.18. The highest BCUT2D eigenvalue weighted by molar-refractivity contribution is 6.31. The third kappa shape index (κ3) is 3.57. The third-order valence-corrected chi connectivity index (χ3v) is 5.66. The number of para-hydroxylation sites is 1. The molecule has 27 heavy (non-hydrogen) atoms. The lowest BCUT2D eigenvalue weighted by Gasteiger charge is -2.38. The van der Waals surface area contributed by atoms with Gasteiger partial charge in [0.05, 0.1) is 6.04 Å². The van der Waals surface area contributed by atoms with Crippen molar-refractivity contribution in [1.82, 2.24) is 10.2 Å². The average Bonchev–Trinajstić information content (AvgIpc) is 2.70. The molecule has 2 aliphatic heterocycles. The summed E-state index contributed by atoms with van der Waals surface area (Å²) in [7, 11) is 0. The predicted octanol–water partition coefficient (Wildman–Crippen LogP) is 2.79. The van der Waals surface area contributed by atoms with Gasteiger partial charge in [0, 0.05) is 36.8 Å². The maximum absolute atomic E-state index is 13.2. The maximum atomic E-state index is 13.2. The number of amides is 2. The van der Waals surface area contributed by atoms with E-state index >= 15 is 0 Å². The summed E-state index contributed by atoms with van der Waals surface area (Å²) in [5.74, 6) is -0.0436. The van der Waals surface area contributed by atoms with Gasteiger partial charge in [-0.2, -0.15) is 0 Å². The Morgan fingerprint density at radius 2 is 1.89 bits per heavy atom. The molecule has 1 atom stereocenters. The zero-order valence-electron chi connectivity index (χ0n) is 15.0. The standard InChI is InChI=1S/C21H22ClN3O2/c22-17-7-3-2-6-16(17)19-13-23-11-12-24(19)21(27)14-25-18-8-4-1-5-15(18)9-10-20(25)26/h1-8,19,23H,9-14H2. The Bertz CT molecular complexity index is 870. The van der Waals surface area contributed by atoms with Crippen LogP contribution in [-0.2, 0) is 16.0 Å². The number of hydrogen-bond donors (Lipinski definition) is 1. The van der Waals surface area contributed by atoms with Crippen molar-refractivity contribution < 1.29 is 9.59 Å². The molecule has 2 amide bonds. The molecule has 2 aromatic carbocycles. The van der Waals surface area contributed by atoms with E-state index in [4.69, 9.17) is 11.6 Å². The van der Waals surface area contributed by atoms with Crippen molar-refractivity contribution in [3.8, 4) is 0 Å². The van der Waals surface area contributed by atoms with Crippen molar-refractivity contribution in [1.29, 1.82) is 0 Å². The minimum absolute atomic E-state index is 0.00600. The van der Waals surface area contributed by atoms with Gasteiger partial charge >= 0.3 is 0 Å². The topological polar surface area (TPSA) is 52.7 Å². The first-order valence-corrected chi connectivity index (χ1v) is 9.66. The van der Waals surface area contributed by atoms with E-state index < -0.39 is 0 Å². The summed E-state index contributed by atoms with van der Waals surface area (Å²) in [5, 5.41) is 4.00. The van der Waals surface area contributed by atoms with Crippen LogP contribution in [0.3, 0.4) is 0 Å². The van der Waals surface area contributed by atoms with Crippen LogP contribution in [0.25, 0.3) is 0 Å². The molecule has 1 saturated heterocycles. The van der Waals surface area contributed by atoms with Crippen LogP contribution in [0, 0.1) is 0 Å². The first-order valence-electron chi connectivity index (χ1n) is 9.28. The summed E-state index contributed by atoms with van der Waals surface area (Å²) >= 11 is 6.38. The van der Waals surface area contributed by atoms with Gasteiger partial charge in [0.1, 0.15) is 6.54 Å². The van der Waals surface area contributed by atoms with Crippen molar-refractivity contribution in [2.75, 3.05) is 31.1 Å². The molecular formula is C21H22ClN3O2. The van der Waals surface area contributed by atoms with Gasteiger partial charge < -0.3 is 15.1 Å². The lowest BCUT2D eigenvalue weighted by atomic mass is 10.0. The zero-order valence-corrected chi connectivity index (χ0v) is 15.8. The molecule has 2 aromatic rings. The van der Waals surface area contributed by atoms with E-state index in [9.17, 15) is 9.59 Å². The molecule has 0 spiro atoms. The van der Waals surface area contributed by atoms with Crippen molar-refractivity contribution in [3.05, 3.63) is 64.7 Å². The summed E-state index contributed by atoms with van der Waals surface area (Å²) in [4.78, 5) is 29.2. The van der Waals surface area contributed by atoms with E-state index in [2.05, 4.69) is 5.32 Å². The fraction of sp³-hybridized carbons (Fsp3) is 0.333. The molecule has 0 bridgehead atoms. The second kappa shape index (κ2) is 7.71. The van der Waals surface area contributed by atoms with Crippen molar-refractivity contribution in [3.63, 3.8) is 0 Å². The lowest BCUT2D eigenvalue weighted by molar-refractivity contribution is -0.134. The second-order valence-electron chi connectivity index (χ2n) is 6.94. The molecule has 0 saturated carbocycles. The Morgan fingerprint density at radius 1 is 1.11 bits per heavy atom. The number of hydrogen-bond acceptors (Lipinski definition) is 3. The number of rotatable bonds is 3. The van der Waals surface area contributed by atoms with E-state index in [1.165, 1.54) is 0 Å². The predicted molar refractivity (Wildman–Crippen MR) is 106 cm³/mol. The lowest BCUT2D eigenvalue weighted by Crippen LogP contribution is -2.52. The molecule has 1 N–H and O–H groups in total. The number of halogens is 1. The van der Waals surface area contributed by atoms with Crippen LogP contribution in [0.15, 0.2) is 48.5 Å². The molecule has 0 aliphatic carbocycles. The molecule has 0 aromatic heterocycles. The highest BCUT2D eigenvalue weighted by atomic mass is 35.5. The van der Waals surface area contributed by atoms with E-state index in [0.717, 1.165) is 29.8 Å². The number of fused-ring (bicyclic) bond motifs is 1. The van der Waals surface area contributed by atoms with Crippen molar-refractivity contribution in [2.24, 2.45) is 0 Å². The van der Waals surface area contributed by atoms with E-state index in [1.807, 2.05) is 53.4 Å². The molecule has 1 unspecified atom stereocenters.